The first-order valence-electron chi connectivity index (χ1n) is 3.15. The van der Waals surface area contributed by atoms with E-state index in [1.54, 1.807) is 0 Å². The third-order valence-electron chi connectivity index (χ3n) is 2.22. The van der Waals surface area contributed by atoms with Crippen LogP contribution >= 0.6 is 23.2 Å². The monoisotopic (exact) mass is 164 g/mol. The number of hydrogen-bond acceptors (Lipinski definition) is 0. The molecule has 1 aliphatic rings. The van der Waals surface area contributed by atoms with Crippen molar-refractivity contribution in [3.8, 4) is 0 Å². The van der Waals surface area contributed by atoms with E-state index in [4.69, 9.17) is 23.2 Å². The molecule has 2 unspecified atom stereocenters. The molecule has 0 radical (unpaired) electrons. The molecule has 0 heterocycles. The van der Waals surface area contributed by atoms with Crippen molar-refractivity contribution in [2.75, 3.05) is 0 Å². The molecule has 1 aliphatic carbocycles. The maximum Gasteiger partial charge on any atom is 0.103 e. The summed E-state index contributed by atoms with van der Waals surface area (Å²) in [5.74, 6) is 2.19. The fourth-order valence-corrected chi connectivity index (χ4v) is 1.44. The molecule has 0 nitrogen and oxygen atoms in total. The van der Waals surface area contributed by atoms with Crippen LogP contribution in [0.5, 0.6) is 0 Å². The summed E-state index contributed by atoms with van der Waals surface area (Å²) in [6.07, 6.45) is 1.93. The molecule has 0 saturated heterocycles. The Morgan fingerprint density at radius 3 is 1.78 bits per heavy atom. The Kier molecular flexibility index (Phi) is 2.07. The standard InChI is InChI=1S/C7H10Cl2/c1-4-5(2)6(4)3-7(8)9/h3-6H,1-2H3. The van der Waals surface area contributed by atoms with Gasteiger partial charge in [-0.1, -0.05) is 43.1 Å². The molecule has 0 N–H and O–H groups in total. The van der Waals surface area contributed by atoms with Crippen LogP contribution in [0.15, 0.2) is 10.6 Å². The maximum atomic E-state index is 5.47. The van der Waals surface area contributed by atoms with E-state index in [1.807, 2.05) is 6.08 Å². The number of rotatable bonds is 1. The third kappa shape index (κ3) is 1.62. The van der Waals surface area contributed by atoms with E-state index in [0.29, 0.717) is 10.4 Å². The van der Waals surface area contributed by atoms with Crippen molar-refractivity contribution in [3.05, 3.63) is 10.6 Å². The van der Waals surface area contributed by atoms with Gasteiger partial charge in [-0.2, -0.15) is 0 Å². The SMILES string of the molecule is CC1C(C)C1C=C(Cl)Cl. The van der Waals surface area contributed by atoms with Gasteiger partial charge in [0.15, 0.2) is 0 Å². The zero-order chi connectivity index (χ0) is 7.02. The first kappa shape index (κ1) is 7.43. The Balaban J connectivity index is 2.42. The van der Waals surface area contributed by atoms with Gasteiger partial charge < -0.3 is 0 Å². The zero-order valence-electron chi connectivity index (χ0n) is 5.57. The van der Waals surface area contributed by atoms with Crippen LogP contribution in [0.4, 0.5) is 0 Å². The quantitative estimate of drug-likeness (QED) is 0.559. The summed E-state index contributed by atoms with van der Waals surface area (Å²) < 4.78 is 0.413. The molecule has 0 aliphatic heterocycles. The van der Waals surface area contributed by atoms with Crippen molar-refractivity contribution >= 4 is 23.2 Å². The Morgan fingerprint density at radius 2 is 1.67 bits per heavy atom. The van der Waals surface area contributed by atoms with Crippen molar-refractivity contribution in [3.63, 3.8) is 0 Å². The minimum absolute atomic E-state index is 0.413. The molecule has 1 fully saturated rings. The lowest BCUT2D eigenvalue weighted by Crippen LogP contribution is -1.68. The second-order valence-corrected chi connectivity index (χ2v) is 3.76. The molecular formula is C7H10Cl2. The lowest BCUT2D eigenvalue weighted by atomic mass is 10.3. The number of halogens is 2. The molecular weight excluding hydrogens is 155 g/mol. The lowest BCUT2D eigenvalue weighted by molar-refractivity contribution is 0.834. The van der Waals surface area contributed by atoms with Gasteiger partial charge in [-0.3, -0.25) is 0 Å². The van der Waals surface area contributed by atoms with Crippen LogP contribution in [0, 0.1) is 17.8 Å². The number of hydrogen-bond donors (Lipinski definition) is 0. The minimum atomic E-state index is 0.413. The molecule has 2 heteroatoms. The Labute approximate surface area is 65.8 Å². The van der Waals surface area contributed by atoms with Gasteiger partial charge in [-0.25, -0.2) is 0 Å². The molecule has 0 aromatic rings. The smallest absolute Gasteiger partial charge is 0.0712 e. The first-order chi connectivity index (χ1) is 4.13. The number of allylic oxidation sites excluding steroid dienone is 1. The van der Waals surface area contributed by atoms with Crippen molar-refractivity contribution < 1.29 is 0 Å². The molecule has 0 aromatic heterocycles. The van der Waals surface area contributed by atoms with Crippen LogP contribution in [0.2, 0.25) is 0 Å². The predicted molar refractivity (Wildman–Crippen MR) is 41.6 cm³/mol. The van der Waals surface area contributed by atoms with Gasteiger partial charge in [0.05, 0.1) is 0 Å². The third-order valence-corrected chi connectivity index (χ3v) is 2.47. The summed E-state index contributed by atoms with van der Waals surface area (Å²) in [6, 6.07) is 0. The molecule has 0 spiro atoms. The van der Waals surface area contributed by atoms with Gasteiger partial charge in [-0.05, 0) is 17.8 Å². The molecule has 1 rings (SSSR count). The van der Waals surface area contributed by atoms with Crippen molar-refractivity contribution in [1.29, 1.82) is 0 Å². The maximum absolute atomic E-state index is 5.47. The fraction of sp³-hybridized carbons (Fsp3) is 0.714. The second-order valence-electron chi connectivity index (χ2n) is 2.75. The summed E-state index contributed by atoms with van der Waals surface area (Å²) >= 11 is 10.9. The Hall–Kier alpha value is 0.320. The lowest BCUT2D eigenvalue weighted by Gasteiger charge is -1.81. The Morgan fingerprint density at radius 1 is 1.22 bits per heavy atom. The fourth-order valence-electron chi connectivity index (χ4n) is 1.15. The highest BCUT2D eigenvalue weighted by molar-refractivity contribution is 6.55. The molecule has 1 saturated carbocycles. The van der Waals surface area contributed by atoms with Crippen LogP contribution in [0.25, 0.3) is 0 Å². The van der Waals surface area contributed by atoms with Gasteiger partial charge in [0, 0.05) is 0 Å². The average Bonchev–Trinajstić information content (AvgIpc) is 2.22. The van der Waals surface area contributed by atoms with E-state index in [0.717, 1.165) is 11.8 Å². The molecule has 0 amide bonds. The van der Waals surface area contributed by atoms with Crippen molar-refractivity contribution in [2.24, 2.45) is 17.8 Å². The van der Waals surface area contributed by atoms with Crippen LogP contribution in [0.1, 0.15) is 13.8 Å². The van der Waals surface area contributed by atoms with Crippen molar-refractivity contribution in [2.45, 2.75) is 13.8 Å². The van der Waals surface area contributed by atoms with Crippen LogP contribution in [-0.4, -0.2) is 0 Å². The predicted octanol–water partition coefficient (Wildman–Crippen LogP) is 3.21. The van der Waals surface area contributed by atoms with Crippen LogP contribution < -0.4 is 0 Å². The summed E-state index contributed by atoms with van der Waals surface area (Å²) in [5, 5.41) is 0. The van der Waals surface area contributed by atoms with Gasteiger partial charge >= 0.3 is 0 Å². The summed E-state index contributed by atoms with van der Waals surface area (Å²) in [6.45, 7) is 4.42. The van der Waals surface area contributed by atoms with E-state index < -0.39 is 0 Å². The highest BCUT2D eigenvalue weighted by Crippen LogP contribution is 2.47. The molecule has 52 valence electrons. The van der Waals surface area contributed by atoms with E-state index >= 15 is 0 Å². The highest BCUT2D eigenvalue weighted by atomic mass is 35.5. The molecule has 2 atom stereocenters. The summed E-state index contributed by atoms with van der Waals surface area (Å²) in [5.41, 5.74) is 0. The largest absolute Gasteiger partial charge is 0.103 e. The van der Waals surface area contributed by atoms with Crippen molar-refractivity contribution in [1.82, 2.24) is 0 Å². The van der Waals surface area contributed by atoms with Gasteiger partial charge in [0.2, 0.25) is 0 Å². The molecule has 0 aromatic carbocycles. The minimum Gasteiger partial charge on any atom is -0.0712 e. The van der Waals surface area contributed by atoms with Crippen LogP contribution in [0.3, 0.4) is 0 Å². The second kappa shape index (κ2) is 2.51. The van der Waals surface area contributed by atoms with E-state index in [-0.39, 0.29) is 0 Å². The normalized spacial score (nSPS) is 40.2. The summed E-state index contributed by atoms with van der Waals surface area (Å²) in [4.78, 5) is 0. The first-order valence-corrected chi connectivity index (χ1v) is 3.91. The van der Waals surface area contributed by atoms with E-state index in [1.165, 1.54) is 0 Å². The summed E-state index contributed by atoms with van der Waals surface area (Å²) in [7, 11) is 0. The van der Waals surface area contributed by atoms with E-state index in [9.17, 15) is 0 Å². The van der Waals surface area contributed by atoms with E-state index in [2.05, 4.69) is 13.8 Å². The topological polar surface area (TPSA) is 0 Å². The van der Waals surface area contributed by atoms with Gasteiger partial charge in [-0.15, -0.1) is 0 Å². The highest BCUT2D eigenvalue weighted by Gasteiger charge is 2.40. The van der Waals surface area contributed by atoms with Gasteiger partial charge in [0.1, 0.15) is 4.49 Å². The van der Waals surface area contributed by atoms with Crippen LogP contribution in [-0.2, 0) is 0 Å². The Bertz CT molecular complexity index is 128. The average molecular weight is 165 g/mol. The van der Waals surface area contributed by atoms with Gasteiger partial charge in [0.25, 0.3) is 0 Å². The molecule has 0 bridgehead atoms. The molecule has 9 heavy (non-hydrogen) atoms. The zero-order valence-corrected chi connectivity index (χ0v) is 7.08.